The summed E-state index contributed by atoms with van der Waals surface area (Å²) in [5.74, 6) is 0.825. The first-order chi connectivity index (χ1) is 11.2. The first-order valence-corrected chi connectivity index (χ1v) is 9.03. The molecule has 4 nitrogen and oxygen atoms in total. The van der Waals surface area contributed by atoms with Gasteiger partial charge in [0.25, 0.3) is 0 Å². The second kappa shape index (κ2) is 7.54. The van der Waals surface area contributed by atoms with Crippen LogP contribution in [0.1, 0.15) is 43.7 Å². The zero-order valence-corrected chi connectivity index (χ0v) is 14.1. The van der Waals surface area contributed by atoms with E-state index in [0.29, 0.717) is 6.04 Å². The number of phenolic OH excluding ortho intramolecular Hbond substituents is 2. The number of aromatic hydroxyl groups is 2. The van der Waals surface area contributed by atoms with Gasteiger partial charge in [-0.2, -0.15) is 0 Å². The number of phenols is 2. The molecule has 0 amide bonds. The molecule has 1 aliphatic heterocycles. The summed E-state index contributed by atoms with van der Waals surface area (Å²) in [5.41, 5.74) is 2.14. The first-order valence-electron chi connectivity index (χ1n) is 9.03. The molecule has 23 heavy (non-hydrogen) atoms. The SMILES string of the molecule is CCCN(CCC1CCOC1)C1CCc2c(ccc(O)c2O)C1. The van der Waals surface area contributed by atoms with Gasteiger partial charge in [-0.3, -0.25) is 0 Å². The summed E-state index contributed by atoms with van der Waals surface area (Å²) in [6.45, 7) is 6.38. The Morgan fingerprint density at radius 2 is 2.09 bits per heavy atom. The molecule has 2 atom stereocenters. The molecule has 0 aromatic heterocycles. The molecule has 0 bridgehead atoms. The molecular formula is C19H29NO3. The highest BCUT2D eigenvalue weighted by atomic mass is 16.5. The largest absolute Gasteiger partial charge is 0.504 e. The van der Waals surface area contributed by atoms with Crippen molar-refractivity contribution >= 4 is 0 Å². The van der Waals surface area contributed by atoms with Crippen LogP contribution in [0.4, 0.5) is 0 Å². The third-order valence-electron chi connectivity index (χ3n) is 5.42. The van der Waals surface area contributed by atoms with Crippen LogP contribution in [0.3, 0.4) is 0 Å². The zero-order valence-electron chi connectivity index (χ0n) is 14.1. The van der Waals surface area contributed by atoms with Gasteiger partial charge >= 0.3 is 0 Å². The summed E-state index contributed by atoms with van der Waals surface area (Å²) in [4.78, 5) is 2.63. The molecule has 0 spiro atoms. The number of nitrogens with zero attached hydrogens (tertiary/aromatic N) is 1. The minimum absolute atomic E-state index is 0.00819. The molecule has 3 rings (SSSR count). The van der Waals surface area contributed by atoms with Crippen LogP contribution in [0.5, 0.6) is 11.5 Å². The Labute approximate surface area is 139 Å². The van der Waals surface area contributed by atoms with E-state index >= 15 is 0 Å². The number of ether oxygens (including phenoxy) is 1. The van der Waals surface area contributed by atoms with Crippen LogP contribution in [-0.4, -0.2) is 47.5 Å². The van der Waals surface area contributed by atoms with E-state index in [0.717, 1.165) is 57.0 Å². The molecule has 4 heteroatoms. The molecule has 128 valence electrons. The minimum atomic E-state index is 0.00819. The average Bonchev–Trinajstić information content (AvgIpc) is 3.08. The number of fused-ring (bicyclic) bond motifs is 1. The van der Waals surface area contributed by atoms with E-state index in [4.69, 9.17) is 4.74 Å². The Morgan fingerprint density at radius 1 is 1.22 bits per heavy atom. The molecule has 2 aliphatic rings. The Hall–Kier alpha value is -1.26. The van der Waals surface area contributed by atoms with Gasteiger partial charge in [0.15, 0.2) is 11.5 Å². The van der Waals surface area contributed by atoms with Gasteiger partial charge in [0, 0.05) is 24.8 Å². The number of hydrogen-bond donors (Lipinski definition) is 2. The molecule has 0 radical (unpaired) electrons. The van der Waals surface area contributed by atoms with Crippen molar-refractivity contribution in [2.45, 2.75) is 51.5 Å². The van der Waals surface area contributed by atoms with E-state index in [1.165, 1.54) is 24.8 Å². The summed E-state index contributed by atoms with van der Waals surface area (Å²) in [6, 6.07) is 4.15. The Bertz CT molecular complexity index is 526. The van der Waals surface area contributed by atoms with Crippen molar-refractivity contribution in [2.24, 2.45) is 5.92 Å². The van der Waals surface area contributed by atoms with Crippen molar-refractivity contribution < 1.29 is 14.9 Å². The topological polar surface area (TPSA) is 52.9 Å². The van der Waals surface area contributed by atoms with Crippen molar-refractivity contribution in [1.82, 2.24) is 4.90 Å². The van der Waals surface area contributed by atoms with Gasteiger partial charge < -0.3 is 19.8 Å². The van der Waals surface area contributed by atoms with E-state index in [2.05, 4.69) is 11.8 Å². The van der Waals surface area contributed by atoms with E-state index in [9.17, 15) is 10.2 Å². The normalized spacial score (nSPS) is 24.1. The Balaban J connectivity index is 1.64. The van der Waals surface area contributed by atoms with Crippen molar-refractivity contribution in [2.75, 3.05) is 26.3 Å². The highest BCUT2D eigenvalue weighted by molar-refractivity contribution is 5.50. The van der Waals surface area contributed by atoms with Gasteiger partial charge in [-0.25, -0.2) is 0 Å². The highest BCUT2D eigenvalue weighted by Crippen LogP contribution is 2.36. The van der Waals surface area contributed by atoms with Crippen LogP contribution < -0.4 is 0 Å². The van der Waals surface area contributed by atoms with Gasteiger partial charge in [0.05, 0.1) is 0 Å². The molecule has 1 heterocycles. The standard InChI is InChI=1S/C19H29NO3/c1-2-9-20(10-7-14-8-11-23-13-14)16-4-5-17-15(12-16)3-6-18(21)19(17)22/h3,6,14,16,21-22H,2,4-5,7-13H2,1H3. The van der Waals surface area contributed by atoms with Gasteiger partial charge in [-0.05, 0) is 69.2 Å². The average molecular weight is 319 g/mol. The number of rotatable bonds is 6. The highest BCUT2D eigenvalue weighted by Gasteiger charge is 2.27. The van der Waals surface area contributed by atoms with Crippen molar-refractivity contribution in [3.63, 3.8) is 0 Å². The van der Waals surface area contributed by atoms with Gasteiger partial charge in [0.1, 0.15) is 0 Å². The van der Waals surface area contributed by atoms with E-state index in [1.807, 2.05) is 6.07 Å². The summed E-state index contributed by atoms with van der Waals surface area (Å²) in [7, 11) is 0. The minimum Gasteiger partial charge on any atom is -0.504 e. The lowest BCUT2D eigenvalue weighted by atomic mass is 9.86. The van der Waals surface area contributed by atoms with E-state index in [-0.39, 0.29) is 11.5 Å². The van der Waals surface area contributed by atoms with Crippen LogP contribution in [0, 0.1) is 5.92 Å². The van der Waals surface area contributed by atoms with Crippen LogP contribution in [-0.2, 0) is 17.6 Å². The van der Waals surface area contributed by atoms with Gasteiger partial charge in [-0.1, -0.05) is 13.0 Å². The third kappa shape index (κ3) is 3.81. The van der Waals surface area contributed by atoms with Gasteiger partial charge in [0.2, 0.25) is 0 Å². The van der Waals surface area contributed by atoms with Crippen LogP contribution in [0.25, 0.3) is 0 Å². The maximum Gasteiger partial charge on any atom is 0.160 e. The monoisotopic (exact) mass is 319 g/mol. The lowest BCUT2D eigenvalue weighted by Crippen LogP contribution is -2.41. The molecule has 1 fully saturated rings. The zero-order chi connectivity index (χ0) is 16.2. The maximum atomic E-state index is 10.0. The molecular weight excluding hydrogens is 290 g/mol. The van der Waals surface area contributed by atoms with Crippen molar-refractivity contribution in [1.29, 1.82) is 0 Å². The lowest BCUT2D eigenvalue weighted by Gasteiger charge is -2.36. The predicted octanol–water partition coefficient (Wildman–Crippen LogP) is 3.09. The lowest BCUT2D eigenvalue weighted by molar-refractivity contribution is 0.154. The van der Waals surface area contributed by atoms with Crippen molar-refractivity contribution in [3.8, 4) is 11.5 Å². The molecule has 1 aromatic carbocycles. The fourth-order valence-electron chi connectivity index (χ4n) is 4.04. The quantitative estimate of drug-likeness (QED) is 0.791. The second-order valence-electron chi connectivity index (χ2n) is 7.02. The fraction of sp³-hybridized carbons (Fsp3) is 0.684. The van der Waals surface area contributed by atoms with Crippen molar-refractivity contribution in [3.05, 3.63) is 23.3 Å². The number of hydrogen-bond acceptors (Lipinski definition) is 4. The summed E-state index contributed by atoms with van der Waals surface area (Å²) < 4.78 is 5.50. The van der Waals surface area contributed by atoms with E-state index in [1.54, 1.807) is 6.07 Å². The summed E-state index contributed by atoms with van der Waals surface area (Å²) in [6.07, 6.45) is 6.50. The molecule has 2 N–H and O–H groups in total. The smallest absolute Gasteiger partial charge is 0.160 e. The fourth-order valence-corrected chi connectivity index (χ4v) is 4.04. The predicted molar refractivity (Wildman–Crippen MR) is 91.0 cm³/mol. The maximum absolute atomic E-state index is 10.0. The van der Waals surface area contributed by atoms with Crippen LogP contribution in [0.15, 0.2) is 12.1 Å². The van der Waals surface area contributed by atoms with Crippen LogP contribution in [0.2, 0.25) is 0 Å². The van der Waals surface area contributed by atoms with Crippen LogP contribution >= 0.6 is 0 Å². The molecule has 0 saturated carbocycles. The molecule has 1 aromatic rings. The Morgan fingerprint density at radius 3 is 2.83 bits per heavy atom. The second-order valence-corrected chi connectivity index (χ2v) is 7.02. The first kappa shape index (κ1) is 16.6. The molecule has 2 unspecified atom stereocenters. The van der Waals surface area contributed by atoms with Gasteiger partial charge in [-0.15, -0.1) is 0 Å². The molecule has 1 saturated heterocycles. The third-order valence-corrected chi connectivity index (χ3v) is 5.42. The summed E-state index contributed by atoms with van der Waals surface area (Å²) in [5, 5.41) is 19.7. The molecule has 1 aliphatic carbocycles. The number of benzene rings is 1. The summed E-state index contributed by atoms with van der Waals surface area (Å²) >= 11 is 0. The Kier molecular flexibility index (Phi) is 5.44. The van der Waals surface area contributed by atoms with E-state index < -0.39 is 0 Å².